The van der Waals surface area contributed by atoms with E-state index in [4.69, 9.17) is 5.14 Å². The second kappa shape index (κ2) is 4.54. The van der Waals surface area contributed by atoms with Crippen LogP contribution in [0.5, 0.6) is 0 Å². The highest BCUT2D eigenvalue weighted by atomic mass is 32.2. The van der Waals surface area contributed by atoms with E-state index in [1.807, 2.05) is 0 Å². The van der Waals surface area contributed by atoms with E-state index < -0.39 is 21.7 Å². The first kappa shape index (κ1) is 11.9. The maximum atomic E-state index is 12.7. The van der Waals surface area contributed by atoms with Gasteiger partial charge in [-0.05, 0) is 18.2 Å². The van der Waals surface area contributed by atoms with Gasteiger partial charge >= 0.3 is 0 Å². The van der Waals surface area contributed by atoms with Crippen molar-refractivity contribution in [3.8, 4) is 0 Å². The van der Waals surface area contributed by atoms with Crippen molar-refractivity contribution in [2.75, 3.05) is 17.6 Å². The van der Waals surface area contributed by atoms with E-state index >= 15 is 0 Å². The Labute approximate surface area is 86.1 Å². The topological polar surface area (TPSA) is 72.2 Å². The number of anilines is 1. The fourth-order valence-corrected chi connectivity index (χ4v) is 1.33. The lowest BCUT2D eigenvalue weighted by Gasteiger charge is -2.05. The fraction of sp³-hybridized carbons (Fsp3) is 0.250. The summed E-state index contributed by atoms with van der Waals surface area (Å²) in [7, 11) is -3.54. The first-order valence-electron chi connectivity index (χ1n) is 4.08. The highest BCUT2D eigenvalue weighted by molar-refractivity contribution is 7.89. The van der Waals surface area contributed by atoms with Gasteiger partial charge in [-0.15, -0.1) is 0 Å². The highest BCUT2D eigenvalue weighted by Crippen LogP contribution is 2.12. The molecule has 0 heterocycles. The minimum Gasteiger partial charge on any atom is -0.384 e. The van der Waals surface area contributed by atoms with Gasteiger partial charge in [0.05, 0.1) is 5.75 Å². The fourth-order valence-electron chi connectivity index (χ4n) is 0.944. The lowest BCUT2D eigenvalue weighted by atomic mass is 10.3. The van der Waals surface area contributed by atoms with E-state index in [1.54, 1.807) is 0 Å². The summed E-state index contributed by atoms with van der Waals surface area (Å²) in [6.45, 7) is 0.0455. The molecule has 3 N–H and O–H groups in total. The number of halogens is 2. The van der Waals surface area contributed by atoms with Crippen molar-refractivity contribution in [3.05, 3.63) is 29.8 Å². The zero-order valence-corrected chi connectivity index (χ0v) is 8.52. The molecule has 0 bridgehead atoms. The molecule has 0 saturated heterocycles. The van der Waals surface area contributed by atoms with Crippen LogP contribution in [-0.4, -0.2) is 20.7 Å². The Balaban J connectivity index is 2.55. The Morgan fingerprint density at radius 3 is 2.47 bits per heavy atom. The van der Waals surface area contributed by atoms with Crippen molar-refractivity contribution in [1.29, 1.82) is 0 Å². The molecule has 15 heavy (non-hydrogen) atoms. The molecule has 1 aromatic rings. The van der Waals surface area contributed by atoms with Gasteiger partial charge in [-0.2, -0.15) is 0 Å². The molecule has 0 unspecified atom stereocenters. The minimum absolute atomic E-state index is 0.0455. The summed E-state index contributed by atoms with van der Waals surface area (Å²) in [6, 6.07) is 3.20. The Morgan fingerprint density at radius 2 is 1.93 bits per heavy atom. The molecule has 0 saturated carbocycles. The van der Waals surface area contributed by atoms with Gasteiger partial charge in [0.15, 0.2) is 11.6 Å². The smallest absolute Gasteiger partial charge is 0.210 e. The summed E-state index contributed by atoms with van der Waals surface area (Å²) >= 11 is 0. The van der Waals surface area contributed by atoms with Crippen LogP contribution in [0.3, 0.4) is 0 Å². The monoisotopic (exact) mass is 236 g/mol. The molecule has 0 aliphatic heterocycles. The van der Waals surface area contributed by atoms with Crippen LogP contribution in [-0.2, 0) is 10.0 Å². The molecule has 0 atom stereocenters. The van der Waals surface area contributed by atoms with Crippen LogP contribution >= 0.6 is 0 Å². The van der Waals surface area contributed by atoms with Crippen LogP contribution in [0.1, 0.15) is 0 Å². The second-order valence-corrected chi connectivity index (χ2v) is 4.66. The zero-order valence-electron chi connectivity index (χ0n) is 7.70. The van der Waals surface area contributed by atoms with Crippen LogP contribution in [0.4, 0.5) is 14.5 Å². The SMILES string of the molecule is NS(=O)(=O)CCNc1ccc(F)c(F)c1. The normalized spacial score (nSPS) is 11.4. The van der Waals surface area contributed by atoms with Crippen molar-refractivity contribution in [2.45, 2.75) is 0 Å². The third-order valence-electron chi connectivity index (χ3n) is 1.64. The van der Waals surface area contributed by atoms with Gasteiger partial charge in [-0.3, -0.25) is 0 Å². The van der Waals surface area contributed by atoms with Crippen molar-refractivity contribution in [1.82, 2.24) is 0 Å². The summed E-state index contributed by atoms with van der Waals surface area (Å²) in [5.74, 6) is -2.21. The van der Waals surface area contributed by atoms with Crippen molar-refractivity contribution >= 4 is 15.7 Å². The molecule has 1 aromatic carbocycles. The van der Waals surface area contributed by atoms with Gasteiger partial charge in [0.2, 0.25) is 10.0 Å². The Morgan fingerprint density at radius 1 is 1.27 bits per heavy atom. The molecular formula is C8H10F2N2O2S. The van der Waals surface area contributed by atoms with Gasteiger partial charge in [0, 0.05) is 12.2 Å². The quantitative estimate of drug-likeness (QED) is 0.806. The predicted molar refractivity (Wildman–Crippen MR) is 52.8 cm³/mol. The lowest BCUT2D eigenvalue weighted by Crippen LogP contribution is -2.22. The first-order chi connectivity index (χ1) is 6.88. The molecule has 7 heteroatoms. The van der Waals surface area contributed by atoms with Crippen LogP contribution in [0.15, 0.2) is 18.2 Å². The van der Waals surface area contributed by atoms with Crippen LogP contribution < -0.4 is 10.5 Å². The van der Waals surface area contributed by atoms with E-state index in [2.05, 4.69) is 5.32 Å². The van der Waals surface area contributed by atoms with Gasteiger partial charge in [-0.25, -0.2) is 22.3 Å². The van der Waals surface area contributed by atoms with Gasteiger partial charge in [0.1, 0.15) is 0 Å². The number of benzene rings is 1. The van der Waals surface area contributed by atoms with E-state index in [0.29, 0.717) is 5.69 Å². The number of nitrogens with two attached hydrogens (primary N) is 1. The average molecular weight is 236 g/mol. The van der Waals surface area contributed by atoms with Crippen LogP contribution in [0.25, 0.3) is 0 Å². The van der Waals surface area contributed by atoms with E-state index in [9.17, 15) is 17.2 Å². The molecule has 4 nitrogen and oxygen atoms in total. The molecular weight excluding hydrogens is 226 g/mol. The van der Waals surface area contributed by atoms with Crippen molar-refractivity contribution in [3.63, 3.8) is 0 Å². The summed E-state index contributed by atoms with van der Waals surface area (Å²) in [6.07, 6.45) is 0. The van der Waals surface area contributed by atoms with E-state index in [1.165, 1.54) is 6.07 Å². The van der Waals surface area contributed by atoms with Crippen LogP contribution in [0.2, 0.25) is 0 Å². The van der Waals surface area contributed by atoms with Gasteiger partial charge < -0.3 is 5.32 Å². The maximum Gasteiger partial charge on any atom is 0.210 e. The second-order valence-electron chi connectivity index (χ2n) is 2.92. The van der Waals surface area contributed by atoms with E-state index in [-0.39, 0.29) is 12.3 Å². The largest absolute Gasteiger partial charge is 0.384 e. The van der Waals surface area contributed by atoms with Crippen LogP contribution in [0, 0.1) is 11.6 Å². The molecule has 0 aliphatic carbocycles. The Hall–Kier alpha value is -1.21. The van der Waals surface area contributed by atoms with Gasteiger partial charge in [-0.1, -0.05) is 0 Å². The minimum atomic E-state index is -3.54. The number of rotatable bonds is 4. The number of sulfonamides is 1. The molecule has 0 aromatic heterocycles. The average Bonchev–Trinajstić information content (AvgIpc) is 2.09. The standard InChI is InChI=1S/C8H10F2N2O2S/c9-7-2-1-6(5-8(7)10)12-3-4-15(11,13)14/h1-2,5,12H,3-4H2,(H2,11,13,14). The maximum absolute atomic E-state index is 12.7. The molecule has 0 amide bonds. The third-order valence-corrected chi connectivity index (χ3v) is 2.41. The molecule has 1 rings (SSSR count). The highest BCUT2D eigenvalue weighted by Gasteiger charge is 2.04. The molecule has 0 radical (unpaired) electrons. The molecule has 84 valence electrons. The van der Waals surface area contributed by atoms with Crippen molar-refractivity contribution in [2.24, 2.45) is 5.14 Å². The molecule has 0 aliphatic rings. The number of hydrogen-bond donors (Lipinski definition) is 2. The summed E-state index contributed by atoms with van der Waals surface area (Å²) in [4.78, 5) is 0. The number of nitrogens with one attached hydrogen (secondary N) is 1. The Kier molecular flexibility index (Phi) is 3.59. The summed E-state index contributed by atoms with van der Waals surface area (Å²) in [5, 5.41) is 7.36. The zero-order chi connectivity index (χ0) is 11.5. The summed E-state index contributed by atoms with van der Waals surface area (Å²) < 4.78 is 46.3. The number of hydrogen-bond acceptors (Lipinski definition) is 3. The predicted octanol–water partition coefficient (Wildman–Crippen LogP) is 0.665. The molecule has 0 spiro atoms. The third kappa shape index (κ3) is 4.22. The summed E-state index contributed by atoms with van der Waals surface area (Å²) in [5.41, 5.74) is 0.303. The van der Waals surface area contributed by atoms with Gasteiger partial charge in [0.25, 0.3) is 0 Å². The Bertz CT molecular complexity index is 448. The molecule has 0 fully saturated rings. The number of primary sulfonamides is 1. The lowest BCUT2D eigenvalue weighted by molar-refractivity contribution is 0.509. The van der Waals surface area contributed by atoms with E-state index in [0.717, 1.165) is 12.1 Å². The first-order valence-corrected chi connectivity index (χ1v) is 5.79. The van der Waals surface area contributed by atoms with Crippen molar-refractivity contribution < 1.29 is 17.2 Å².